The van der Waals surface area contributed by atoms with Crippen molar-refractivity contribution in [3.63, 3.8) is 0 Å². The molecule has 1 aliphatic rings. The van der Waals surface area contributed by atoms with Crippen molar-refractivity contribution < 1.29 is 9.59 Å². The van der Waals surface area contributed by atoms with Gasteiger partial charge in [-0.1, -0.05) is 71.1 Å². The van der Waals surface area contributed by atoms with Crippen LogP contribution >= 0.6 is 0 Å². The molecule has 1 rings (SSSR count). The van der Waals surface area contributed by atoms with Crippen LogP contribution < -0.4 is 5.73 Å². The van der Waals surface area contributed by atoms with E-state index in [1.807, 2.05) is 0 Å². The van der Waals surface area contributed by atoms with Crippen LogP contribution in [0, 0.1) is 0 Å². The number of nitrogens with zero attached hydrogens (tertiary/aromatic N) is 2. The number of hydrogen-bond donors (Lipinski definition) is 1. The molecule has 1 aliphatic heterocycles. The first-order chi connectivity index (χ1) is 12.1. The molecule has 0 aromatic heterocycles. The molecule has 0 spiro atoms. The number of amides is 3. The highest BCUT2D eigenvalue weighted by Gasteiger charge is 2.21. The lowest BCUT2D eigenvalue weighted by molar-refractivity contribution is -0.129. The zero-order valence-corrected chi connectivity index (χ0v) is 16.3. The topological polar surface area (TPSA) is 66.6 Å². The fourth-order valence-corrected chi connectivity index (χ4v) is 3.51. The number of rotatable bonds is 13. The van der Waals surface area contributed by atoms with Gasteiger partial charge in [-0.3, -0.25) is 14.6 Å². The van der Waals surface area contributed by atoms with E-state index >= 15 is 0 Å². The quantitative estimate of drug-likeness (QED) is 0.502. The monoisotopic (exact) mass is 353 g/mol. The van der Waals surface area contributed by atoms with Crippen molar-refractivity contribution in [2.45, 2.75) is 90.4 Å². The molecular weight excluding hydrogens is 314 g/mol. The van der Waals surface area contributed by atoms with Crippen LogP contribution in [0.3, 0.4) is 0 Å². The predicted molar refractivity (Wildman–Crippen MR) is 103 cm³/mol. The molecule has 0 unspecified atom stereocenters. The van der Waals surface area contributed by atoms with Crippen LogP contribution in [0.5, 0.6) is 0 Å². The standard InChI is InChI=1S/C20H39N3O2/c1-2-3-4-5-6-7-8-9-10-14-17-23(20(21)25)19(24)18-22-15-12-11-13-16-22/h2-18H2,1H3,(H2,21,25). The molecule has 1 heterocycles. The number of carbonyl (C=O) groups is 2. The number of carbonyl (C=O) groups excluding carboxylic acids is 2. The Kier molecular flexibility index (Phi) is 12.4. The molecule has 146 valence electrons. The summed E-state index contributed by atoms with van der Waals surface area (Å²) in [7, 11) is 0. The Morgan fingerprint density at radius 1 is 0.840 bits per heavy atom. The van der Waals surface area contributed by atoms with Gasteiger partial charge in [0.15, 0.2) is 0 Å². The van der Waals surface area contributed by atoms with Crippen LogP contribution in [-0.4, -0.2) is 47.9 Å². The predicted octanol–water partition coefficient (Wildman–Crippen LogP) is 4.30. The molecule has 5 nitrogen and oxygen atoms in total. The summed E-state index contributed by atoms with van der Waals surface area (Å²) in [6, 6.07) is -0.599. The van der Waals surface area contributed by atoms with Crippen LogP contribution in [0.1, 0.15) is 90.4 Å². The molecule has 1 saturated heterocycles. The Balaban J connectivity index is 2.10. The van der Waals surface area contributed by atoms with E-state index in [1.165, 1.54) is 62.7 Å². The third-order valence-electron chi connectivity index (χ3n) is 5.11. The minimum absolute atomic E-state index is 0.134. The average molecular weight is 354 g/mol. The van der Waals surface area contributed by atoms with Gasteiger partial charge in [0, 0.05) is 6.54 Å². The first-order valence-electron chi connectivity index (χ1n) is 10.5. The zero-order valence-electron chi connectivity index (χ0n) is 16.3. The van der Waals surface area contributed by atoms with E-state index in [0.717, 1.165) is 38.8 Å². The molecule has 5 heteroatoms. The molecular formula is C20H39N3O2. The molecule has 0 bridgehead atoms. The molecule has 0 aromatic carbocycles. The Morgan fingerprint density at radius 2 is 1.36 bits per heavy atom. The molecule has 0 aromatic rings. The summed E-state index contributed by atoms with van der Waals surface area (Å²) in [5, 5.41) is 0. The Labute approximate surface area is 154 Å². The summed E-state index contributed by atoms with van der Waals surface area (Å²) in [6.07, 6.45) is 15.9. The first kappa shape index (κ1) is 21.9. The fraction of sp³-hybridized carbons (Fsp3) is 0.900. The van der Waals surface area contributed by atoms with Gasteiger partial charge in [-0.25, -0.2) is 4.79 Å². The number of piperidine rings is 1. The summed E-state index contributed by atoms with van der Waals surface area (Å²) >= 11 is 0. The Morgan fingerprint density at radius 3 is 1.88 bits per heavy atom. The van der Waals surface area contributed by atoms with E-state index in [0.29, 0.717) is 13.1 Å². The number of likely N-dealkylation sites (tertiary alicyclic amines) is 1. The Bertz CT molecular complexity index is 368. The lowest BCUT2D eigenvalue weighted by atomic mass is 10.1. The Hall–Kier alpha value is -1.10. The molecule has 0 aliphatic carbocycles. The van der Waals surface area contributed by atoms with Gasteiger partial charge in [-0.05, 0) is 32.4 Å². The molecule has 0 atom stereocenters. The summed E-state index contributed by atoms with van der Waals surface area (Å²) in [5.41, 5.74) is 5.41. The van der Waals surface area contributed by atoms with E-state index in [1.54, 1.807) is 0 Å². The molecule has 0 saturated carbocycles. The first-order valence-corrected chi connectivity index (χ1v) is 10.5. The van der Waals surface area contributed by atoms with Crippen molar-refractivity contribution in [1.82, 2.24) is 9.80 Å². The molecule has 3 amide bonds. The fourth-order valence-electron chi connectivity index (χ4n) is 3.51. The minimum atomic E-state index is -0.599. The van der Waals surface area contributed by atoms with Crippen LogP contribution in [0.4, 0.5) is 4.79 Å². The lowest BCUT2D eigenvalue weighted by Crippen LogP contribution is -2.47. The summed E-state index contributed by atoms with van der Waals surface area (Å²) < 4.78 is 0. The summed E-state index contributed by atoms with van der Waals surface area (Å²) in [6.45, 7) is 4.96. The van der Waals surface area contributed by atoms with Gasteiger partial charge < -0.3 is 5.73 Å². The maximum Gasteiger partial charge on any atom is 0.321 e. The van der Waals surface area contributed by atoms with Crippen molar-refractivity contribution in [2.24, 2.45) is 5.73 Å². The third-order valence-corrected chi connectivity index (χ3v) is 5.11. The second-order valence-electron chi connectivity index (χ2n) is 7.40. The largest absolute Gasteiger partial charge is 0.351 e. The van der Waals surface area contributed by atoms with Gasteiger partial charge in [0.1, 0.15) is 0 Å². The smallest absolute Gasteiger partial charge is 0.321 e. The maximum absolute atomic E-state index is 12.3. The van der Waals surface area contributed by atoms with Crippen LogP contribution in [-0.2, 0) is 4.79 Å². The van der Waals surface area contributed by atoms with E-state index in [4.69, 9.17) is 5.73 Å². The van der Waals surface area contributed by atoms with Crippen molar-refractivity contribution in [1.29, 1.82) is 0 Å². The van der Waals surface area contributed by atoms with Crippen molar-refractivity contribution in [3.05, 3.63) is 0 Å². The van der Waals surface area contributed by atoms with Gasteiger partial charge in [0.05, 0.1) is 6.54 Å². The second-order valence-corrected chi connectivity index (χ2v) is 7.40. The highest BCUT2D eigenvalue weighted by molar-refractivity contribution is 5.94. The number of unbranched alkanes of at least 4 members (excludes halogenated alkanes) is 9. The molecule has 25 heavy (non-hydrogen) atoms. The van der Waals surface area contributed by atoms with Crippen molar-refractivity contribution in [2.75, 3.05) is 26.2 Å². The van der Waals surface area contributed by atoms with Crippen LogP contribution in [0.2, 0.25) is 0 Å². The zero-order chi connectivity index (χ0) is 18.3. The third kappa shape index (κ3) is 10.5. The number of primary amides is 1. The number of hydrogen-bond acceptors (Lipinski definition) is 3. The van der Waals surface area contributed by atoms with Crippen LogP contribution in [0.15, 0.2) is 0 Å². The second kappa shape index (κ2) is 14.1. The summed E-state index contributed by atoms with van der Waals surface area (Å²) in [5.74, 6) is -0.134. The summed E-state index contributed by atoms with van der Waals surface area (Å²) in [4.78, 5) is 27.3. The van der Waals surface area contributed by atoms with E-state index in [2.05, 4.69) is 11.8 Å². The van der Waals surface area contributed by atoms with E-state index < -0.39 is 6.03 Å². The van der Waals surface area contributed by atoms with E-state index in [-0.39, 0.29) is 5.91 Å². The van der Waals surface area contributed by atoms with Gasteiger partial charge >= 0.3 is 6.03 Å². The average Bonchev–Trinajstić information content (AvgIpc) is 2.60. The van der Waals surface area contributed by atoms with Crippen molar-refractivity contribution in [3.8, 4) is 0 Å². The van der Waals surface area contributed by atoms with Gasteiger partial charge in [-0.15, -0.1) is 0 Å². The van der Waals surface area contributed by atoms with Gasteiger partial charge in [-0.2, -0.15) is 0 Å². The number of imide groups is 1. The minimum Gasteiger partial charge on any atom is -0.351 e. The molecule has 1 fully saturated rings. The highest BCUT2D eigenvalue weighted by atomic mass is 16.2. The maximum atomic E-state index is 12.3. The normalized spacial score (nSPS) is 15.2. The molecule has 2 N–H and O–H groups in total. The van der Waals surface area contributed by atoms with E-state index in [9.17, 15) is 9.59 Å². The van der Waals surface area contributed by atoms with Gasteiger partial charge in [0.2, 0.25) is 5.91 Å². The van der Waals surface area contributed by atoms with Crippen molar-refractivity contribution >= 4 is 11.9 Å². The lowest BCUT2D eigenvalue weighted by Gasteiger charge is -2.28. The van der Waals surface area contributed by atoms with Crippen LogP contribution in [0.25, 0.3) is 0 Å². The number of nitrogens with two attached hydrogens (primary N) is 1. The van der Waals surface area contributed by atoms with Gasteiger partial charge in [0.25, 0.3) is 0 Å². The number of urea groups is 1. The highest BCUT2D eigenvalue weighted by Crippen LogP contribution is 2.12. The SMILES string of the molecule is CCCCCCCCCCCCN(C(N)=O)C(=O)CN1CCCCC1. The molecule has 0 radical (unpaired) electrons.